The van der Waals surface area contributed by atoms with Gasteiger partial charge in [0.2, 0.25) is 0 Å². The molecule has 1 aliphatic rings. The van der Waals surface area contributed by atoms with Crippen LogP contribution in [0, 0.1) is 5.92 Å². The van der Waals surface area contributed by atoms with Gasteiger partial charge in [-0.2, -0.15) is 0 Å². The van der Waals surface area contributed by atoms with Crippen LogP contribution in [0.1, 0.15) is 19.8 Å². The van der Waals surface area contributed by atoms with E-state index in [1.807, 2.05) is 12.1 Å². The van der Waals surface area contributed by atoms with Gasteiger partial charge in [-0.3, -0.25) is 4.98 Å². The van der Waals surface area contributed by atoms with Crippen LogP contribution >= 0.6 is 0 Å². The second-order valence-electron chi connectivity index (χ2n) is 4.29. The summed E-state index contributed by atoms with van der Waals surface area (Å²) in [6, 6.07) is 4.34. The maximum atomic E-state index is 5.66. The van der Waals surface area contributed by atoms with E-state index in [0.717, 1.165) is 24.8 Å². The van der Waals surface area contributed by atoms with Gasteiger partial charge in [0.1, 0.15) is 12.4 Å². The first-order chi connectivity index (χ1) is 7.34. The maximum absolute atomic E-state index is 5.66. The molecule has 2 rings (SSSR count). The average molecular weight is 206 g/mol. The van der Waals surface area contributed by atoms with Crippen LogP contribution in [0.3, 0.4) is 0 Å². The standard InChI is InChI=1S/C12H18N2O/c1-10-4-5-11(14-7-10)9-15-12-3-2-6-13-8-12/h2-3,6,8,10-11,14H,4-5,7,9H2,1H3/t10-,11?/m0/s1. The molecule has 1 fully saturated rings. The molecule has 1 N–H and O–H groups in total. The Labute approximate surface area is 90.9 Å². The summed E-state index contributed by atoms with van der Waals surface area (Å²) in [5.74, 6) is 1.66. The van der Waals surface area contributed by atoms with E-state index in [-0.39, 0.29) is 0 Å². The van der Waals surface area contributed by atoms with Crippen LogP contribution in [0.4, 0.5) is 0 Å². The van der Waals surface area contributed by atoms with Gasteiger partial charge < -0.3 is 10.1 Å². The summed E-state index contributed by atoms with van der Waals surface area (Å²) in [5, 5.41) is 3.49. The molecule has 0 radical (unpaired) electrons. The van der Waals surface area contributed by atoms with E-state index < -0.39 is 0 Å². The molecule has 0 bridgehead atoms. The smallest absolute Gasteiger partial charge is 0.137 e. The minimum Gasteiger partial charge on any atom is -0.490 e. The predicted molar refractivity (Wildman–Crippen MR) is 59.9 cm³/mol. The highest BCUT2D eigenvalue weighted by molar-refractivity contribution is 5.15. The molecule has 3 heteroatoms. The zero-order chi connectivity index (χ0) is 10.5. The molecular weight excluding hydrogens is 188 g/mol. The van der Waals surface area contributed by atoms with Crippen molar-refractivity contribution in [2.75, 3.05) is 13.2 Å². The van der Waals surface area contributed by atoms with Crippen molar-refractivity contribution in [1.82, 2.24) is 10.3 Å². The van der Waals surface area contributed by atoms with Gasteiger partial charge in [0, 0.05) is 12.2 Å². The first-order valence-corrected chi connectivity index (χ1v) is 5.61. The summed E-state index contributed by atoms with van der Waals surface area (Å²) in [6.07, 6.45) is 6.02. The second kappa shape index (κ2) is 5.12. The van der Waals surface area contributed by atoms with Gasteiger partial charge in [0.15, 0.2) is 0 Å². The van der Waals surface area contributed by atoms with Crippen molar-refractivity contribution in [3.05, 3.63) is 24.5 Å². The Morgan fingerprint density at radius 2 is 2.47 bits per heavy atom. The maximum Gasteiger partial charge on any atom is 0.137 e. The van der Waals surface area contributed by atoms with Gasteiger partial charge in [0.05, 0.1) is 6.20 Å². The van der Waals surface area contributed by atoms with E-state index in [1.54, 1.807) is 12.4 Å². The van der Waals surface area contributed by atoms with Crippen molar-refractivity contribution in [3.63, 3.8) is 0 Å². The molecular formula is C12H18N2O. The Morgan fingerprint density at radius 3 is 3.13 bits per heavy atom. The third kappa shape index (κ3) is 3.20. The fourth-order valence-corrected chi connectivity index (χ4v) is 1.83. The molecule has 82 valence electrons. The summed E-state index contributed by atoms with van der Waals surface area (Å²) >= 11 is 0. The fraction of sp³-hybridized carbons (Fsp3) is 0.583. The number of nitrogens with zero attached hydrogens (tertiary/aromatic N) is 1. The van der Waals surface area contributed by atoms with Crippen molar-refractivity contribution in [1.29, 1.82) is 0 Å². The lowest BCUT2D eigenvalue weighted by molar-refractivity contribution is 0.219. The highest BCUT2D eigenvalue weighted by Gasteiger charge is 2.17. The first-order valence-electron chi connectivity index (χ1n) is 5.61. The average Bonchev–Trinajstić information content (AvgIpc) is 2.30. The molecule has 15 heavy (non-hydrogen) atoms. The number of hydrogen-bond donors (Lipinski definition) is 1. The zero-order valence-corrected chi connectivity index (χ0v) is 9.15. The van der Waals surface area contributed by atoms with E-state index >= 15 is 0 Å². The largest absolute Gasteiger partial charge is 0.490 e. The SMILES string of the molecule is C[C@H]1CCC(COc2cccnc2)NC1. The van der Waals surface area contributed by atoms with Crippen molar-refractivity contribution in [3.8, 4) is 5.75 Å². The number of aromatic nitrogens is 1. The van der Waals surface area contributed by atoms with Gasteiger partial charge in [-0.15, -0.1) is 0 Å². The second-order valence-corrected chi connectivity index (χ2v) is 4.29. The summed E-state index contributed by atoms with van der Waals surface area (Å²) in [4.78, 5) is 4.02. The number of nitrogens with one attached hydrogen (secondary N) is 1. The van der Waals surface area contributed by atoms with E-state index in [2.05, 4.69) is 17.2 Å². The normalized spacial score (nSPS) is 26.2. The van der Waals surface area contributed by atoms with Crippen molar-refractivity contribution in [2.24, 2.45) is 5.92 Å². The molecule has 0 saturated carbocycles. The molecule has 3 nitrogen and oxygen atoms in total. The van der Waals surface area contributed by atoms with Crippen LogP contribution in [0.15, 0.2) is 24.5 Å². The Hall–Kier alpha value is -1.09. The molecule has 0 aliphatic carbocycles. The van der Waals surface area contributed by atoms with Gasteiger partial charge in [0.25, 0.3) is 0 Å². The molecule has 1 saturated heterocycles. The predicted octanol–water partition coefficient (Wildman–Crippen LogP) is 1.85. The molecule has 1 unspecified atom stereocenters. The van der Waals surface area contributed by atoms with Crippen LogP contribution in [-0.2, 0) is 0 Å². The Bertz CT molecular complexity index is 281. The molecule has 1 aromatic rings. The number of piperidine rings is 1. The van der Waals surface area contributed by atoms with E-state index in [1.165, 1.54) is 12.8 Å². The van der Waals surface area contributed by atoms with Crippen LogP contribution < -0.4 is 10.1 Å². The molecule has 2 heterocycles. The molecule has 2 atom stereocenters. The number of ether oxygens (including phenoxy) is 1. The van der Waals surface area contributed by atoms with Crippen LogP contribution in [0.5, 0.6) is 5.75 Å². The van der Waals surface area contributed by atoms with Crippen LogP contribution in [-0.4, -0.2) is 24.2 Å². The van der Waals surface area contributed by atoms with Gasteiger partial charge in [-0.05, 0) is 37.4 Å². The van der Waals surface area contributed by atoms with Crippen LogP contribution in [0.2, 0.25) is 0 Å². The lowest BCUT2D eigenvalue weighted by Gasteiger charge is -2.27. The van der Waals surface area contributed by atoms with Gasteiger partial charge in [-0.1, -0.05) is 6.92 Å². The number of hydrogen-bond acceptors (Lipinski definition) is 3. The Balaban J connectivity index is 1.74. The molecule has 0 aromatic carbocycles. The summed E-state index contributed by atoms with van der Waals surface area (Å²) < 4.78 is 5.66. The van der Waals surface area contributed by atoms with Crippen molar-refractivity contribution in [2.45, 2.75) is 25.8 Å². The Morgan fingerprint density at radius 1 is 1.53 bits per heavy atom. The summed E-state index contributed by atoms with van der Waals surface area (Å²) in [7, 11) is 0. The summed E-state index contributed by atoms with van der Waals surface area (Å²) in [6.45, 7) is 4.14. The van der Waals surface area contributed by atoms with E-state index in [9.17, 15) is 0 Å². The lowest BCUT2D eigenvalue weighted by Crippen LogP contribution is -2.41. The fourth-order valence-electron chi connectivity index (χ4n) is 1.83. The van der Waals surface area contributed by atoms with Crippen molar-refractivity contribution < 1.29 is 4.74 Å². The molecule has 0 spiro atoms. The first kappa shape index (κ1) is 10.4. The number of rotatable bonds is 3. The van der Waals surface area contributed by atoms with Gasteiger partial charge in [-0.25, -0.2) is 0 Å². The molecule has 1 aromatic heterocycles. The minimum absolute atomic E-state index is 0.501. The third-order valence-corrected chi connectivity index (χ3v) is 2.85. The number of pyridine rings is 1. The highest BCUT2D eigenvalue weighted by Crippen LogP contribution is 2.14. The quantitative estimate of drug-likeness (QED) is 0.819. The topological polar surface area (TPSA) is 34.1 Å². The Kier molecular flexibility index (Phi) is 3.56. The molecule has 1 aliphatic heterocycles. The van der Waals surface area contributed by atoms with E-state index in [0.29, 0.717) is 6.04 Å². The molecule has 0 amide bonds. The van der Waals surface area contributed by atoms with Gasteiger partial charge >= 0.3 is 0 Å². The third-order valence-electron chi connectivity index (χ3n) is 2.85. The minimum atomic E-state index is 0.501. The van der Waals surface area contributed by atoms with Crippen LogP contribution in [0.25, 0.3) is 0 Å². The van der Waals surface area contributed by atoms with Crippen molar-refractivity contribution >= 4 is 0 Å². The highest BCUT2D eigenvalue weighted by atomic mass is 16.5. The lowest BCUT2D eigenvalue weighted by atomic mass is 9.97. The monoisotopic (exact) mass is 206 g/mol. The summed E-state index contributed by atoms with van der Waals surface area (Å²) in [5.41, 5.74) is 0. The van der Waals surface area contributed by atoms with E-state index in [4.69, 9.17) is 4.74 Å². The zero-order valence-electron chi connectivity index (χ0n) is 9.15.